The van der Waals surface area contributed by atoms with Crippen LogP contribution in [0.3, 0.4) is 0 Å². The van der Waals surface area contributed by atoms with Gasteiger partial charge in [-0.15, -0.1) is 11.3 Å². The molecule has 0 atom stereocenters. The zero-order chi connectivity index (χ0) is 10.1. The van der Waals surface area contributed by atoms with Gasteiger partial charge < -0.3 is 5.11 Å². The van der Waals surface area contributed by atoms with Crippen LogP contribution in [0.25, 0.3) is 10.1 Å². The summed E-state index contributed by atoms with van der Waals surface area (Å²) in [5, 5.41) is 10.5. The molecule has 0 fully saturated rings. The minimum Gasteiger partial charge on any atom is -0.392 e. The van der Waals surface area contributed by atoms with Crippen LogP contribution in [0.2, 0.25) is 0 Å². The molecule has 0 spiro atoms. The van der Waals surface area contributed by atoms with Crippen LogP contribution in [-0.2, 0) is 13.0 Å². The molecule has 1 aromatic heterocycles. The van der Waals surface area contributed by atoms with Gasteiger partial charge in [0.05, 0.1) is 6.61 Å². The number of rotatable bonds is 2. The summed E-state index contributed by atoms with van der Waals surface area (Å²) in [5.74, 6) is 0. The Morgan fingerprint density at radius 1 is 1.29 bits per heavy atom. The summed E-state index contributed by atoms with van der Waals surface area (Å²) in [4.78, 5) is 1.31. The minimum atomic E-state index is 0.143. The monoisotopic (exact) mass is 206 g/mol. The molecule has 1 nitrogen and oxygen atoms in total. The average Bonchev–Trinajstić information content (AvgIpc) is 2.56. The third-order valence-electron chi connectivity index (χ3n) is 2.45. The lowest BCUT2D eigenvalue weighted by molar-refractivity contribution is 0.283. The Bertz CT molecular complexity index is 457. The second-order valence-electron chi connectivity index (χ2n) is 3.54. The molecule has 0 amide bonds. The Hall–Kier alpha value is -0.860. The van der Waals surface area contributed by atoms with Crippen molar-refractivity contribution in [3.63, 3.8) is 0 Å². The number of thiophene rings is 1. The molecule has 74 valence electrons. The summed E-state index contributed by atoms with van der Waals surface area (Å²) in [6.45, 7) is 4.39. The quantitative estimate of drug-likeness (QED) is 0.799. The average molecular weight is 206 g/mol. The van der Waals surface area contributed by atoms with Crippen LogP contribution < -0.4 is 0 Å². The van der Waals surface area contributed by atoms with Gasteiger partial charge in [0, 0.05) is 9.58 Å². The molecule has 2 aromatic rings. The van der Waals surface area contributed by atoms with Crippen molar-refractivity contribution >= 4 is 21.4 Å². The van der Waals surface area contributed by atoms with Crippen LogP contribution in [0.5, 0.6) is 0 Å². The van der Waals surface area contributed by atoms with Crippen LogP contribution in [0.15, 0.2) is 18.2 Å². The van der Waals surface area contributed by atoms with Gasteiger partial charge in [-0.1, -0.05) is 19.1 Å². The van der Waals surface area contributed by atoms with Crippen molar-refractivity contribution in [2.24, 2.45) is 0 Å². The first-order valence-electron chi connectivity index (χ1n) is 4.87. The zero-order valence-electron chi connectivity index (χ0n) is 8.50. The molecule has 2 heteroatoms. The fourth-order valence-corrected chi connectivity index (χ4v) is 2.74. The van der Waals surface area contributed by atoms with E-state index in [0.29, 0.717) is 0 Å². The fraction of sp³-hybridized carbons (Fsp3) is 0.333. The first-order chi connectivity index (χ1) is 6.74. The van der Waals surface area contributed by atoms with Gasteiger partial charge in [-0.3, -0.25) is 0 Å². The zero-order valence-corrected chi connectivity index (χ0v) is 9.32. The topological polar surface area (TPSA) is 20.2 Å². The lowest BCUT2D eigenvalue weighted by Gasteiger charge is -2.02. The molecule has 0 unspecified atom stereocenters. The molecule has 0 saturated carbocycles. The molecule has 2 rings (SSSR count). The summed E-state index contributed by atoms with van der Waals surface area (Å²) in [6, 6.07) is 6.52. The highest BCUT2D eigenvalue weighted by Crippen LogP contribution is 2.29. The SMILES string of the molecule is CCc1cc(CO)c2sc(C)cc2c1. The largest absolute Gasteiger partial charge is 0.392 e. The standard InChI is InChI=1S/C12H14OS/c1-3-9-5-10-4-8(2)14-12(10)11(6-9)7-13/h4-6,13H,3,7H2,1-2H3. The van der Waals surface area contributed by atoms with Gasteiger partial charge in [-0.2, -0.15) is 0 Å². The molecular weight excluding hydrogens is 192 g/mol. The number of aliphatic hydroxyl groups is 1. The maximum Gasteiger partial charge on any atom is 0.0695 e. The smallest absolute Gasteiger partial charge is 0.0695 e. The van der Waals surface area contributed by atoms with Gasteiger partial charge in [0.1, 0.15) is 0 Å². The van der Waals surface area contributed by atoms with E-state index in [2.05, 4.69) is 32.0 Å². The summed E-state index contributed by atoms with van der Waals surface area (Å²) >= 11 is 1.76. The highest BCUT2D eigenvalue weighted by molar-refractivity contribution is 7.19. The number of hydrogen-bond acceptors (Lipinski definition) is 2. The molecule has 0 radical (unpaired) electrons. The molecule has 1 aromatic carbocycles. The Kier molecular flexibility index (Phi) is 2.57. The molecule has 0 aliphatic heterocycles. The van der Waals surface area contributed by atoms with E-state index in [9.17, 15) is 5.11 Å². The van der Waals surface area contributed by atoms with E-state index in [1.165, 1.54) is 20.5 Å². The molecule has 0 bridgehead atoms. The predicted molar refractivity (Wildman–Crippen MR) is 61.9 cm³/mol. The van der Waals surface area contributed by atoms with Crippen LogP contribution in [0.4, 0.5) is 0 Å². The van der Waals surface area contributed by atoms with E-state index in [0.717, 1.165) is 12.0 Å². The number of aliphatic hydroxyl groups excluding tert-OH is 1. The molecule has 1 N–H and O–H groups in total. The van der Waals surface area contributed by atoms with E-state index < -0.39 is 0 Å². The molecule has 14 heavy (non-hydrogen) atoms. The van der Waals surface area contributed by atoms with Crippen molar-refractivity contribution in [3.8, 4) is 0 Å². The number of benzene rings is 1. The van der Waals surface area contributed by atoms with Crippen molar-refractivity contribution in [1.29, 1.82) is 0 Å². The first kappa shape index (κ1) is 9.69. The van der Waals surface area contributed by atoms with E-state index in [1.54, 1.807) is 11.3 Å². The second kappa shape index (κ2) is 3.71. The van der Waals surface area contributed by atoms with Crippen LogP contribution in [-0.4, -0.2) is 5.11 Å². The van der Waals surface area contributed by atoms with Crippen LogP contribution in [0.1, 0.15) is 22.9 Å². The lowest BCUT2D eigenvalue weighted by atomic mass is 10.1. The number of aryl methyl sites for hydroxylation is 2. The van der Waals surface area contributed by atoms with Gasteiger partial charge in [0.15, 0.2) is 0 Å². The normalized spacial score (nSPS) is 11.1. The maximum absolute atomic E-state index is 9.27. The van der Waals surface area contributed by atoms with E-state index in [1.807, 2.05) is 0 Å². The summed E-state index contributed by atoms with van der Waals surface area (Å²) in [6.07, 6.45) is 1.03. The van der Waals surface area contributed by atoms with Crippen molar-refractivity contribution in [2.45, 2.75) is 26.9 Å². The molecule has 0 aliphatic carbocycles. The number of fused-ring (bicyclic) bond motifs is 1. The lowest BCUT2D eigenvalue weighted by Crippen LogP contribution is -1.87. The molecule has 1 heterocycles. The molecule has 0 aliphatic rings. The van der Waals surface area contributed by atoms with Gasteiger partial charge in [0.2, 0.25) is 0 Å². The van der Waals surface area contributed by atoms with E-state index in [4.69, 9.17) is 0 Å². The third-order valence-corrected chi connectivity index (χ3v) is 3.60. The van der Waals surface area contributed by atoms with Crippen molar-refractivity contribution in [1.82, 2.24) is 0 Å². The van der Waals surface area contributed by atoms with E-state index in [-0.39, 0.29) is 6.61 Å². The van der Waals surface area contributed by atoms with Crippen LogP contribution >= 0.6 is 11.3 Å². The van der Waals surface area contributed by atoms with Crippen molar-refractivity contribution < 1.29 is 5.11 Å². The van der Waals surface area contributed by atoms with Crippen LogP contribution in [0, 0.1) is 6.92 Å². The first-order valence-corrected chi connectivity index (χ1v) is 5.69. The molecule has 0 saturated heterocycles. The highest BCUT2D eigenvalue weighted by atomic mass is 32.1. The molecular formula is C12H14OS. The number of hydrogen-bond donors (Lipinski definition) is 1. The predicted octanol–water partition coefficient (Wildman–Crippen LogP) is 3.26. The van der Waals surface area contributed by atoms with Gasteiger partial charge in [-0.05, 0) is 35.9 Å². The minimum absolute atomic E-state index is 0.143. The van der Waals surface area contributed by atoms with Crippen molar-refractivity contribution in [2.75, 3.05) is 0 Å². The third kappa shape index (κ3) is 1.56. The Balaban J connectivity index is 2.72. The second-order valence-corrected chi connectivity index (χ2v) is 4.80. The summed E-state index contributed by atoms with van der Waals surface area (Å²) in [7, 11) is 0. The summed E-state index contributed by atoms with van der Waals surface area (Å²) < 4.78 is 1.24. The Morgan fingerprint density at radius 3 is 2.71 bits per heavy atom. The van der Waals surface area contributed by atoms with E-state index >= 15 is 0 Å². The highest BCUT2D eigenvalue weighted by Gasteiger charge is 2.05. The fourth-order valence-electron chi connectivity index (χ4n) is 1.74. The Labute approximate surface area is 88.0 Å². The maximum atomic E-state index is 9.27. The van der Waals surface area contributed by atoms with Gasteiger partial charge >= 0.3 is 0 Å². The Morgan fingerprint density at radius 2 is 2.07 bits per heavy atom. The van der Waals surface area contributed by atoms with Gasteiger partial charge in [-0.25, -0.2) is 0 Å². The van der Waals surface area contributed by atoms with Gasteiger partial charge in [0.25, 0.3) is 0 Å². The van der Waals surface area contributed by atoms with Crippen molar-refractivity contribution in [3.05, 3.63) is 34.2 Å². The summed E-state index contributed by atoms with van der Waals surface area (Å²) in [5.41, 5.74) is 2.37.